The van der Waals surface area contributed by atoms with Crippen LogP contribution < -0.4 is 4.74 Å². The molecule has 7 nitrogen and oxygen atoms in total. The number of nitrogens with zero attached hydrogens (tertiary/aromatic N) is 4. The lowest BCUT2D eigenvalue weighted by molar-refractivity contribution is -0.914. The molecule has 2 aromatic rings. The van der Waals surface area contributed by atoms with E-state index in [0.29, 0.717) is 12.1 Å². The maximum Gasteiger partial charge on any atom is 0.357 e. The van der Waals surface area contributed by atoms with Gasteiger partial charge in [-0.05, 0) is 31.4 Å². The fraction of sp³-hybridized carbons (Fsp3) is 0.533. The molecule has 7 heteroatoms. The first-order valence-corrected chi connectivity index (χ1v) is 7.67. The van der Waals surface area contributed by atoms with Crippen molar-refractivity contribution in [3.63, 3.8) is 0 Å². The Balaban J connectivity index is 1.73. The minimum atomic E-state index is -0.422. The molecule has 0 saturated carbocycles. The summed E-state index contributed by atoms with van der Waals surface area (Å²) in [5, 5.41) is 15.5. The molecule has 118 valence electrons. The van der Waals surface area contributed by atoms with Crippen molar-refractivity contribution in [3.05, 3.63) is 34.5 Å². The number of piperidine rings is 1. The van der Waals surface area contributed by atoms with Crippen LogP contribution in [-0.4, -0.2) is 52.3 Å². The molecule has 1 aliphatic rings. The first-order chi connectivity index (χ1) is 10.6. The van der Waals surface area contributed by atoms with Gasteiger partial charge in [-0.1, -0.05) is 6.07 Å². The highest BCUT2D eigenvalue weighted by atomic mass is 16.6. The van der Waals surface area contributed by atoms with Crippen molar-refractivity contribution in [2.75, 3.05) is 33.3 Å². The molecule has 1 saturated heterocycles. The van der Waals surface area contributed by atoms with Gasteiger partial charge in [-0.3, -0.25) is 10.1 Å². The van der Waals surface area contributed by atoms with Crippen molar-refractivity contribution < 1.29 is 14.1 Å². The summed E-state index contributed by atoms with van der Waals surface area (Å²) < 4.78 is 8.13. The normalized spacial score (nSPS) is 17.5. The maximum absolute atomic E-state index is 11.3. The summed E-state index contributed by atoms with van der Waals surface area (Å²) in [6.07, 6.45) is 5.47. The monoisotopic (exact) mass is 305 g/mol. The second-order valence-corrected chi connectivity index (χ2v) is 6.14. The number of likely N-dealkylation sites (N-methyl/N-ethyl adjacent to an activating group) is 1. The summed E-state index contributed by atoms with van der Waals surface area (Å²) >= 11 is 0. The summed E-state index contributed by atoms with van der Waals surface area (Å²) in [5.41, 5.74) is 0.405. The lowest BCUT2D eigenvalue weighted by Gasteiger charge is -2.37. The molecule has 0 unspecified atom stereocenters. The zero-order chi connectivity index (χ0) is 15.6. The van der Waals surface area contributed by atoms with E-state index in [1.807, 2.05) is 0 Å². The number of aromatic nitrogens is 2. The molecule has 1 fully saturated rings. The quantitative estimate of drug-likeness (QED) is 0.482. The van der Waals surface area contributed by atoms with Crippen LogP contribution in [0, 0.1) is 10.1 Å². The summed E-state index contributed by atoms with van der Waals surface area (Å²) in [6, 6.07) is 5.22. The Labute approximate surface area is 128 Å². The number of likely N-dealkylation sites (tertiary alicyclic amines) is 1. The van der Waals surface area contributed by atoms with Crippen LogP contribution >= 0.6 is 0 Å². The second-order valence-electron chi connectivity index (χ2n) is 6.14. The number of nitro groups is 1. The zero-order valence-corrected chi connectivity index (χ0v) is 12.8. The minimum Gasteiger partial charge on any atom is -0.466 e. The molecule has 0 N–H and O–H groups in total. The Morgan fingerprint density at radius 1 is 1.36 bits per heavy atom. The van der Waals surface area contributed by atoms with Crippen LogP contribution in [0.1, 0.15) is 19.3 Å². The van der Waals surface area contributed by atoms with Gasteiger partial charge < -0.3 is 9.22 Å². The van der Waals surface area contributed by atoms with Crippen LogP contribution in [0.4, 0.5) is 5.69 Å². The van der Waals surface area contributed by atoms with Crippen molar-refractivity contribution in [2.45, 2.75) is 19.3 Å². The van der Waals surface area contributed by atoms with Crippen molar-refractivity contribution in [3.8, 4) is 5.88 Å². The van der Waals surface area contributed by atoms with E-state index in [1.54, 1.807) is 24.4 Å². The molecule has 0 bridgehead atoms. The van der Waals surface area contributed by atoms with Crippen molar-refractivity contribution in [2.24, 2.45) is 0 Å². The number of rotatable bonds is 5. The van der Waals surface area contributed by atoms with Gasteiger partial charge in [0.1, 0.15) is 18.7 Å². The van der Waals surface area contributed by atoms with Crippen molar-refractivity contribution >= 4 is 11.2 Å². The Morgan fingerprint density at radius 3 is 2.86 bits per heavy atom. The maximum atomic E-state index is 11.3. The van der Waals surface area contributed by atoms with Gasteiger partial charge in [0.2, 0.25) is 0 Å². The summed E-state index contributed by atoms with van der Waals surface area (Å²) in [7, 11) is 2.22. The average Bonchev–Trinajstić information content (AvgIpc) is 2.86. The van der Waals surface area contributed by atoms with Crippen LogP contribution in [0.5, 0.6) is 5.88 Å². The predicted octanol–water partition coefficient (Wildman–Crippen LogP) is 2.25. The minimum absolute atomic E-state index is 0.0538. The fourth-order valence-electron chi connectivity index (χ4n) is 3.09. The van der Waals surface area contributed by atoms with Gasteiger partial charge in [-0.25, -0.2) is 4.52 Å². The van der Waals surface area contributed by atoms with Crippen LogP contribution in [0.25, 0.3) is 5.52 Å². The first kappa shape index (κ1) is 14.8. The van der Waals surface area contributed by atoms with E-state index in [2.05, 4.69) is 12.1 Å². The third-order valence-electron chi connectivity index (χ3n) is 4.43. The number of hydrogen-bond donors (Lipinski definition) is 0. The fourth-order valence-corrected chi connectivity index (χ4v) is 3.09. The third-order valence-corrected chi connectivity index (χ3v) is 4.43. The Hall–Kier alpha value is -2.15. The van der Waals surface area contributed by atoms with E-state index in [9.17, 15) is 10.1 Å². The van der Waals surface area contributed by atoms with E-state index in [1.165, 1.54) is 23.8 Å². The Kier molecular flexibility index (Phi) is 3.98. The van der Waals surface area contributed by atoms with E-state index in [0.717, 1.165) is 24.1 Å². The average molecular weight is 305 g/mol. The van der Waals surface area contributed by atoms with Gasteiger partial charge in [0.15, 0.2) is 0 Å². The molecule has 1 aliphatic heterocycles. The van der Waals surface area contributed by atoms with Gasteiger partial charge in [-0.15, -0.1) is 5.10 Å². The van der Waals surface area contributed by atoms with E-state index in [4.69, 9.17) is 4.74 Å². The standard InChI is InChI=1S/C15H21N4O3/c1-19(9-5-2-6-10-19)11-12-22-15-14(18(20)21)13-7-3-4-8-17(13)16-15/h3-4,7-8H,2,5-6,9-12H2,1H3/q+1. The molecule has 2 aromatic heterocycles. The zero-order valence-electron chi connectivity index (χ0n) is 12.8. The molecule has 0 spiro atoms. The molecule has 0 amide bonds. The first-order valence-electron chi connectivity index (χ1n) is 7.67. The van der Waals surface area contributed by atoms with E-state index >= 15 is 0 Å². The van der Waals surface area contributed by atoms with Crippen molar-refractivity contribution in [1.29, 1.82) is 0 Å². The van der Waals surface area contributed by atoms with Gasteiger partial charge >= 0.3 is 11.6 Å². The molecular weight excluding hydrogens is 284 g/mol. The lowest BCUT2D eigenvalue weighted by atomic mass is 10.1. The van der Waals surface area contributed by atoms with Crippen LogP contribution in [0.3, 0.4) is 0 Å². The number of fused-ring (bicyclic) bond motifs is 1. The highest BCUT2D eigenvalue weighted by Crippen LogP contribution is 2.30. The number of ether oxygens (including phenoxy) is 1. The molecule has 0 radical (unpaired) electrons. The lowest BCUT2D eigenvalue weighted by Crippen LogP contribution is -2.50. The molecule has 3 rings (SSSR count). The molecule has 22 heavy (non-hydrogen) atoms. The smallest absolute Gasteiger partial charge is 0.357 e. The van der Waals surface area contributed by atoms with E-state index < -0.39 is 4.92 Å². The van der Waals surface area contributed by atoms with Crippen LogP contribution in [0.15, 0.2) is 24.4 Å². The van der Waals surface area contributed by atoms with Gasteiger partial charge in [0.05, 0.1) is 25.1 Å². The van der Waals surface area contributed by atoms with E-state index in [-0.39, 0.29) is 11.6 Å². The predicted molar refractivity (Wildman–Crippen MR) is 82.0 cm³/mol. The SMILES string of the molecule is C[N+]1(CCOc2nn3ccccc3c2[N+](=O)[O-])CCCCC1. The Morgan fingerprint density at radius 2 is 2.14 bits per heavy atom. The van der Waals surface area contributed by atoms with Crippen molar-refractivity contribution in [1.82, 2.24) is 9.61 Å². The molecular formula is C15H21N4O3+. The number of quaternary nitrogens is 1. The Bertz CT molecular complexity index is 676. The highest BCUT2D eigenvalue weighted by molar-refractivity contribution is 5.69. The molecule has 3 heterocycles. The van der Waals surface area contributed by atoms with Crippen LogP contribution in [0.2, 0.25) is 0 Å². The van der Waals surface area contributed by atoms with Gasteiger partial charge in [0, 0.05) is 6.20 Å². The highest BCUT2D eigenvalue weighted by Gasteiger charge is 2.27. The topological polar surface area (TPSA) is 69.7 Å². The second kappa shape index (κ2) is 5.92. The molecule has 0 aromatic carbocycles. The van der Waals surface area contributed by atoms with Crippen LogP contribution in [-0.2, 0) is 0 Å². The number of hydrogen-bond acceptors (Lipinski definition) is 4. The third kappa shape index (κ3) is 2.89. The summed E-state index contributed by atoms with van der Waals surface area (Å²) in [5.74, 6) is 0.111. The molecule has 0 aliphatic carbocycles. The van der Waals surface area contributed by atoms with Gasteiger partial charge in [-0.2, -0.15) is 0 Å². The largest absolute Gasteiger partial charge is 0.466 e. The van der Waals surface area contributed by atoms with Gasteiger partial charge in [0.25, 0.3) is 0 Å². The summed E-state index contributed by atoms with van der Waals surface area (Å²) in [4.78, 5) is 10.9. The number of pyridine rings is 1. The summed E-state index contributed by atoms with van der Waals surface area (Å²) in [6.45, 7) is 3.60. The molecule has 0 atom stereocenters.